The van der Waals surface area contributed by atoms with Gasteiger partial charge in [-0.2, -0.15) is 0 Å². The van der Waals surface area contributed by atoms with Gasteiger partial charge >= 0.3 is 0 Å². The summed E-state index contributed by atoms with van der Waals surface area (Å²) >= 11 is 5.39. The summed E-state index contributed by atoms with van der Waals surface area (Å²) in [5.41, 5.74) is 3.64. The highest BCUT2D eigenvalue weighted by molar-refractivity contribution is 7.71. The van der Waals surface area contributed by atoms with Crippen molar-refractivity contribution in [1.82, 2.24) is 14.7 Å². The van der Waals surface area contributed by atoms with Crippen molar-refractivity contribution in [2.75, 3.05) is 13.8 Å². The summed E-state index contributed by atoms with van der Waals surface area (Å²) in [4.78, 5) is 2.63. The van der Waals surface area contributed by atoms with Gasteiger partial charge in [0.05, 0.1) is 6.67 Å². The Hall–Kier alpha value is -2.64. The molecule has 0 saturated carbocycles. The first-order valence-corrected chi connectivity index (χ1v) is 9.36. The normalized spacial score (nSPS) is 17.5. The van der Waals surface area contributed by atoms with E-state index in [1.807, 2.05) is 18.2 Å². The molecule has 0 fully saturated rings. The van der Waals surface area contributed by atoms with Crippen LogP contribution >= 0.6 is 12.2 Å². The standard InChI is InChI=1S/C20H19N3O3S/c1-22(16-8-6-13-4-2-3-5-15(13)16)11-23-20(27)26-19(21-23)14-7-9-17-18(10-14)25-12-24-17/h2-5,7,9-10,16H,6,8,11-12H2,1H3. The van der Waals surface area contributed by atoms with Crippen LogP contribution in [0.5, 0.6) is 11.5 Å². The molecule has 0 spiro atoms. The SMILES string of the molecule is CN(Cn1nc(-c2ccc3c(c2)OCO3)oc1=S)C1CCc2ccccc21. The topological polar surface area (TPSA) is 52.7 Å². The second-order valence-corrected chi connectivity index (χ2v) is 7.24. The summed E-state index contributed by atoms with van der Waals surface area (Å²) in [5, 5.41) is 4.58. The summed E-state index contributed by atoms with van der Waals surface area (Å²) in [6.45, 7) is 0.816. The van der Waals surface area contributed by atoms with E-state index in [1.54, 1.807) is 4.68 Å². The van der Waals surface area contributed by atoms with E-state index in [4.69, 9.17) is 26.1 Å². The lowest BCUT2D eigenvalue weighted by molar-refractivity contribution is 0.174. The van der Waals surface area contributed by atoms with E-state index in [0.717, 1.165) is 24.2 Å². The Kier molecular flexibility index (Phi) is 3.98. The minimum atomic E-state index is 0.240. The maximum Gasteiger partial charge on any atom is 0.288 e. The predicted octanol–water partition coefficient (Wildman–Crippen LogP) is 4.18. The molecule has 0 amide bonds. The van der Waals surface area contributed by atoms with Crippen molar-refractivity contribution in [1.29, 1.82) is 0 Å². The Labute approximate surface area is 161 Å². The number of rotatable bonds is 4. The Morgan fingerprint density at radius 2 is 2.04 bits per heavy atom. The van der Waals surface area contributed by atoms with Crippen LogP contribution in [0.2, 0.25) is 0 Å². The van der Waals surface area contributed by atoms with Crippen molar-refractivity contribution in [2.45, 2.75) is 25.6 Å². The molecular formula is C20H19N3O3S. The van der Waals surface area contributed by atoms with Crippen molar-refractivity contribution in [3.8, 4) is 23.0 Å². The van der Waals surface area contributed by atoms with Gasteiger partial charge < -0.3 is 13.9 Å². The summed E-state index contributed by atoms with van der Waals surface area (Å²) in [6.07, 6.45) is 2.22. The van der Waals surface area contributed by atoms with Crippen LogP contribution in [0, 0.1) is 4.84 Å². The Morgan fingerprint density at radius 3 is 2.96 bits per heavy atom. The molecule has 1 aliphatic carbocycles. The molecule has 138 valence electrons. The minimum absolute atomic E-state index is 0.240. The number of fused-ring (bicyclic) bond motifs is 2. The molecule has 0 bridgehead atoms. The second-order valence-electron chi connectivity index (χ2n) is 6.89. The van der Waals surface area contributed by atoms with Crippen LogP contribution in [0.15, 0.2) is 46.9 Å². The van der Waals surface area contributed by atoms with Crippen LogP contribution in [0.1, 0.15) is 23.6 Å². The van der Waals surface area contributed by atoms with E-state index in [1.165, 1.54) is 11.1 Å². The third-order valence-corrected chi connectivity index (χ3v) is 5.51. The number of hydrogen-bond donors (Lipinski definition) is 0. The van der Waals surface area contributed by atoms with Crippen molar-refractivity contribution >= 4 is 12.2 Å². The average Bonchev–Trinajstić information content (AvgIpc) is 3.39. The monoisotopic (exact) mass is 381 g/mol. The number of benzene rings is 2. The lowest BCUT2D eigenvalue weighted by atomic mass is 10.1. The van der Waals surface area contributed by atoms with Gasteiger partial charge in [-0.25, -0.2) is 4.68 Å². The third-order valence-electron chi connectivity index (χ3n) is 5.22. The fraction of sp³-hybridized carbons (Fsp3) is 0.300. The molecule has 1 atom stereocenters. The molecule has 1 aliphatic heterocycles. The molecule has 7 heteroatoms. The Balaban J connectivity index is 1.38. The second kappa shape index (κ2) is 6.51. The van der Waals surface area contributed by atoms with Gasteiger partial charge in [0, 0.05) is 11.6 Å². The fourth-order valence-electron chi connectivity index (χ4n) is 3.84. The number of nitrogens with zero attached hydrogens (tertiary/aromatic N) is 3. The molecule has 3 aromatic rings. The summed E-state index contributed by atoms with van der Waals surface area (Å²) in [6, 6.07) is 14.6. The van der Waals surface area contributed by atoms with Crippen LogP contribution in [0.4, 0.5) is 0 Å². The minimum Gasteiger partial charge on any atom is -0.454 e. The van der Waals surface area contributed by atoms with Crippen molar-refractivity contribution in [3.05, 3.63) is 58.4 Å². The number of aromatic nitrogens is 2. The Bertz CT molecular complexity index is 1060. The quantitative estimate of drug-likeness (QED) is 0.632. The van der Waals surface area contributed by atoms with Crippen molar-refractivity contribution < 1.29 is 13.9 Å². The molecule has 2 heterocycles. The van der Waals surface area contributed by atoms with Crippen LogP contribution in [-0.2, 0) is 13.1 Å². The van der Waals surface area contributed by atoms with Crippen LogP contribution < -0.4 is 9.47 Å². The molecule has 0 radical (unpaired) electrons. The highest BCUT2D eigenvalue weighted by Crippen LogP contribution is 2.36. The summed E-state index contributed by atoms with van der Waals surface area (Å²) < 4.78 is 18.3. The lowest BCUT2D eigenvalue weighted by Gasteiger charge is -2.24. The molecule has 6 nitrogen and oxygen atoms in total. The zero-order valence-corrected chi connectivity index (χ0v) is 15.7. The maximum absolute atomic E-state index is 5.74. The Morgan fingerprint density at radius 1 is 1.19 bits per heavy atom. The molecule has 0 saturated heterocycles. The van der Waals surface area contributed by atoms with Gasteiger partial charge in [-0.1, -0.05) is 24.3 Å². The first-order valence-electron chi connectivity index (χ1n) is 8.95. The predicted molar refractivity (Wildman–Crippen MR) is 102 cm³/mol. The highest BCUT2D eigenvalue weighted by atomic mass is 32.1. The number of aryl methyl sites for hydroxylation is 1. The van der Waals surface area contributed by atoms with E-state index >= 15 is 0 Å². The maximum atomic E-state index is 5.74. The smallest absolute Gasteiger partial charge is 0.288 e. The highest BCUT2D eigenvalue weighted by Gasteiger charge is 2.26. The number of ether oxygens (including phenoxy) is 2. The molecule has 2 aliphatic rings. The zero-order valence-electron chi connectivity index (χ0n) is 14.9. The van der Waals surface area contributed by atoms with Gasteiger partial charge in [-0.3, -0.25) is 4.90 Å². The molecular weight excluding hydrogens is 362 g/mol. The van der Waals surface area contributed by atoms with Gasteiger partial charge in [0.25, 0.3) is 4.84 Å². The summed E-state index contributed by atoms with van der Waals surface area (Å²) in [7, 11) is 2.10. The zero-order chi connectivity index (χ0) is 18.4. The van der Waals surface area contributed by atoms with Gasteiger partial charge in [-0.15, -0.1) is 5.10 Å². The molecule has 1 unspecified atom stereocenters. The van der Waals surface area contributed by atoms with Crippen LogP contribution in [-0.4, -0.2) is 28.5 Å². The average molecular weight is 381 g/mol. The lowest BCUT2D eigenvalue weighted by Crippen LogP contribution is -2.26. The summed E-state index contributed by atoms with van der Waals surface area (Å²) in [5.74, 6) is 1.91. The van der Waals surface area contributed by atoms with Gasteiger partial charge in [-0.05, 0) is 61.4 Å². The van der Waals surface area contributed by atoms with E-state index in [-0.39, 0.29) is 6.79 Å². The van der Waals surface area contributed by atoms with Crippen LogP contribution in [0.3, 0.4) is 0 Å². The molecule has 0 N–H and O–H groups in total. The molecule has 1 aromatic heterocycles. The van der Waals surface area contributed by atoms with Crippen molar-refractivity contribution in [2.24, 2.45) is 0 Å². The van der Waals surface area contributed by atoms with Gasteiger partial charge in [0.1, 0.15) is 0 Å². The third kappa shape index (κ3) is 2.93. The van der Waals surface area contributed by atoms with Crippen molar-refractivity contribution in [3.63, 3.8) is 0 Å². The first kappa shape index (κ1) is 16.5. The van der Waals surface area contributed by atoms with E-state index in [9.17, 15) is 0 Å². The first-order chi connectivity index (χ1) is 13.2. The van der Waals surface area contributed by atoms with E-state index in [0.29, 0.717) is 29.2 Å². The van der Waals surface area contributed by atoms with Crippen LogP contribution in [0.25, 0.3) is 11.5 Å². The molecule has 5 rings (SSSR count). The molecule has 2 aromatic carbocycles. The van der Waals surface area contributed by atoms with E-state index in [2.05, 4.69) is 41.3 Å². The largest absolute Gasteiger partial charge is 0.454 e. The fourth-order valence-corrected chi connectivity index (χ4v) is 4.02. The number of hydrogen-bond acceptors (Lipinski definition) is 6. The van der Waals surface area contributed by atoms with E-state index < -0.39 is 0 Å². The van der Waals surface area contributed by atoms with Gasteiger partial charge in [0.15, 0.2) is 11.5 Å². The molecule has 27 heavy (non-hydrogen) atoms. The van der Waals surface area contributed by atoms with Gasteiger partial charge in [0.2, 0.25) is 12.7 Å².